The van der Waals surface area contributed by atoms with E-state index in [-0.39, 0.29) is 5.91 Å². The first-order valence-corrected chi connectivity index (χ1v) is 7.66. The number of nitrogens with two attached hydrogens (primary N) is 1. The van der Waals surface area contributed by atoms with Crippen LogP contribution in [0.5, 0.6) is 0 Å². The maximum Gasteiger partial charge on any atom is 0.328 e. The van der Waals surface area contributed by atoms with Crippen molar-refractivity contribution in [2.75, 3.05) is 19.9 Å². The van der Waals surface area contributed by atoms with Crippen LogP contribution in [0.2, 0.25) is 0 Å². The minimum atomic E-state index is -0.643. The topological polar surface area (TPSA) is 72.6 Å². The number of aryl methyl sites for hydroxylation is 1. The van der Waals surface area contributed by atoms with E-state index in [1.54, 1.807) is 20.0 Å². The molecule has 2 N–H and O–H groups in total. The van der Waals surface area contributed by atoms with E-state index in [4.69, 9.17) is 10.5 Å². The summed E-state index contributed by atoms with van der Waals surface area (Å²) in [6.45, 7) is 3.51. The van der Waals surface area contributed by atoms with Crippen molar-refractivity contribution in [2.45, 2.75) is 19.9 Å². The lowest BCUT2D eigenvalue weighted by atomic mass is 9.98. The Kier molecular flexibility index (Phi) is 5.24. The zero-order valence-corrected chi connectivity index (χ0v) is 14.4. The third kappa shape index (κ3) is 3.56. The van der Waals surface area contributed by atoms with Gasteiger partial charge in [0.1, 0.15) is 6.04 Å². The Morgan fingerprint density at radius 3 is 2.38 bits per heavy atom. The highest BCUT2D eigenvalue weighted by Gasteiger charge is 2.24. The summed E-state index contributed by atoms with van der Waals surface area (Å²) in [5, 5.41) is 0. The second-order valence-corrected chi connectivity index (χ2v) is 5.77. The number of rotatable bonds is 4. The number of hydrogen-bond donors (Lipinski definition) is 1. The van der Waals surface area contributed by atoms with Crippen LogP contribution >= 0.6 is 0 Å². The fourth-order valence-electron chi connectivity index (χ4n) is 2.50. The van der Waals surface area contributed by atoms with E-state index in [2.05, 4.69) is 0 Å². The highest BCUT2D eigenvalue weighted by molar-refractivity contribution is 5.98. The van der Waals surface area contributed by atoms with Gasteiger partial charge < -0.3 is 15.4 Å². The first-order valence-electron chi connectivity index (χ1n) is 7.66. The third-order valence-corrected chi connectivity index (χ3v) is 4.12. The largest absolute Gasteiger partial charge is 0.467 e. The Balaban J connectivity index is 2.29. The number of amides is 1. The summed E-state index contributed by atoms with van der Waals surface area (Å²) in [6, 6.07) is 12.5. The lowest BCUT2D eigenvalue weighted by Gasteiger charge is -2.23. The highest BCUT2D eigenvalue weighted by Crippen LogP contribution is 2.24. The average molecular weight is 326 g/mol. The van der Waals surface area contributed by atoms with Crippen LogP contribution in [0.1, 0.15) is 22.8 Å². The minimum absolute atomic E-state index is 0.218. The van der Waals surface area contributed by atoms with E-state index in [0.717, 1.165) is 16.7 Å². The third-order valence-electron chi connectivity index (χ3n) is 4.12. The summed E-state index contributed by atoms with van der Waals surface area (Å²) >= 11 is 0. The molecular formula is C19H22N2O3. The molecule has 0 radical (unpaired) electrons. The molecule has 0 spiro atoms. The number of nitrogen functional groups attached to an aromatic ring is 1. The molecule has 2 rings (SSSR count). The molecule has 5 nitrogen and oxygen atoms in total. The molecule has 0 saturated carbocycles. The number of benzene rings is 2. The van der Waals surface area contributed by atoms with E-state index in [0.29, 0.717) is 11.3 Å². The molecule has 5 heteroatoms. The summed E-state index contributed by atoms with van der Waals surface area (Å²) in [5.41, 5.74) is 9.89. The molecule has 0 heterocycles. The molecule has 1 atom stereocenters. The van der Waals surface area contributed by atoms with Crippen molar-refractivity contribution in [1.82, 2.24) is 4.90 Å². The van der Waals surface area contributed by atoms with Crippen LogP contribution < -0.4 is 5.73 Å². The summed E-state index contributed by atoms with van der Waals surface area (Å²) in [7, 11) is 2.90. The second kappa shape index (κ2) is 7.17. The van der Waals surface area contributed by atoms with Gasteiger partial charge in [0.15, 0.2) is 0 Å². The predicted molar refractivity (Wildman–Crippen MR) is 94.6 cm³/mol. The Morgan fingerprint density at radius 1 is 1.12 bits per heavy atom. The normalized spacial score (nSPS) is 11.7. The zero-order chi connectivity index (χ0) is 17.9. The van der Waals surface area contributed by atoms with Gasteiger partial charge in [0, 0.05) is 18.3 Å². The summed E-state index contributed by atoms with van der Waals surface area (Å²) in [4.78, 5) is 25.6. The number of likely N-dealkylation sites (N-methyl/N-ethyl adjacent to an activating group) is 1. The maximum atomic E-state index is 12.6. The molecule has 0 aromatic heterocycles. The fourth-order valence-corrected chi connectivity index (χ4v) is 2.50. The van der Waals surface area contributed by atoms with Crippen LogP contribution in [0, 0.1) is 6.92 Å². The Bertz CT molecular complexity index is 771. The van der Waals surface area contributed by atoms with Gasteiger partial charge in [-0.25, -0.2) is 4.79 Å². The van der Waals surface area contributed by atoms with Crippen LogP contribution in [0.25, 0.3) is 11.1 Å². The van der Waals surface area contributed by atoms with E-state index < -0.39 is 12.0 Å². The summed E-state index contributed by atoms with van der Waals surface area (Å²) in [5.74, 6) is -0.663. The molecule has 2 aromatic carbocycles. The number of methoxy groups -OCH3 is 1. The predicted octanol–water partition coefficient (Wildman–Crippen LogP) is 2.88. The first kappa shape index (κ1) is 17.5. The number of esters is 1. The second-order valence-electron chi connectivity index (χ2n) is 5.77. The lowest BCUT2D eigenvalue weighted by Crippen LogP contribution is -2.41. The number of carbonyl (C=O) groups excluding carboxylic acids is 2. The van der Waals surface area contributed by atoms with Crippen molar-refractivity contribution in [3.63, 3.8) is 0 Å². The number of anilines is 1. The minimum Gasteiger partial charge on any atom is -0.467 e. The van der Waals surface area contributed by atoms with Crippen molar-refractivity contribution >= 4 is 17.6 Å². The molecule has 0 fully saturated rings. The van der Waals surface area contributed by atoms with Gasteiger partial charge in [-0.1, -0.05) is 24.3 Å². The molecule has 0 aliphatic heterocycles. The molecule has 24 heavy (non-hydrogen) atoms. The van der Waals surface area contributed by atoms with Gasteiger partial charge in [-0.3, -0.25) is 4.79 Å². The molecule has 0 saturated heterocycles. The SMILES string of the molecule is COC(=O)C(C)N(C)C(=O)c1ccc(-c2cccc(N)c2)cc1C. The Labute approximate surface area is 142 Å². The van der Waals surface area contributed by atoms with E-state index >= 15 is 0 Å². The Hall–Kier alpha value is -2.82. The molecule has 126 valence electrons. The van der Waals surface area contributed by atoms with Gasteiger partial charge in [0.05, 0.1) is 7.11 Å². The van der Waals surface area contributed by atoms with E-state index in [9.17, 15) is 9.59 Å². The van der Waals surface area contributed by atoms with Gasteiger partial charge in [-0.05, 0) is 48.7 Å². The van der Waals surface area contributed by atoms with Crippen LogP contribution in [0.3, 0.4) is 0 Å². The molecular weight excluding hydrogens is 304 g/mol. The van der Waals surface area contributed by atoms with Crippen molar-refractivity contribution in [1.29, 1.82) is 0 Å². The first-order chi connectivity index (χ1) is 11.3. The van der Waals surface area contributed by atoms with Crippen LogP contribution in [0.15, 0.2) is 42.5 Å². The summed E-state index contributed by atoms with van der Waals surface area (Å²) in [6.07, 6.45) is 0. The zero-order valence-electron chi connectivity index (χ0n) is 14.4. The van der Waals surface area contributed by atoms with Crippen molar-refractivity contribution in [3.8, 4) is 11.1 Å². The quantitative estimate of drug-likeness (QED) is 0.692. The van der Waals surface area contributed by atoms with Gasteiger partial charge in [-0.15, -0.1) is 0 Å². The molecule has 0 bridgehead atoms. The van der Waals surface area contributed by atoms with Gasteiger partial charge in [-0.2, -0.15) is 0 Å². The molecule has 0 aliphatic rings. The number of ether oxygens (including phenoxy) is 1. The molecule has 0 aliphatic carbocycles. The monoisotopic (exact) mass is 326 g/mol. The lowest BCUT2D eigenvalue weighted by molar-refractivity contribution is -0.144. The highest BCUT2D eigenvalue weighted by atomic mass is 16.5. The van der Waals surface area contributed by atoms with Crippen LogP contribution in [-0.2, 0) is 9.53 Å². The molecule has 1 amide bonds. The van der Waals surface area contributed by atoms with E-state index in [1.165, 1.54) is 12.0 Å². The standard InChI is InChI=1S/C19H22N2O3/c1-12-10-15(14-6-5-7-16(20)11-14)8-9-17(12)18(22)21(3)13(2)19(23)24-4/h5-11,13H,20H2,1-4H3. The van der Waals surface area contributed by atoms with E-state index in [1.807, 2.05) is 43.3 Å². The maximum absolute atomic E-state index is 12.6. The van der Waals surface area contributed by atoms with Crippen molar-refractivity contribution in [3.05, 3.63) is 53.6 Å². The number of hydrogen-bond acceptors (Lipinski definition) is 4. The van der Waals surface area contributed by atoms with Gasteiger partial charge in [0.25, 0.3) is 5.91 Å². The number of nitrogens with zero attached hydrogens (tertiary/aromatic N) is 1. The molecule has 1 unspecified atom stereocenters. The van der Waals surface area contributed by atoms with Crippen LogP contribution in [-0.4, -0.2) is 37.0 Å². The van der Waals surface area contributed by atoms with Crippen molar-refractivity contribution in [2.24, 2.45) is 0 Å². The number of carbonyl (C=O) groups is 2. The van der Waals surface area contributed by atoms with Gasteiger partial charge in [0.2, 0.25) is 0 Å². The summed E-state index contributed by atoms with van der Waals surface area (Å²) < 4.78 is 4.69. The average Bonchev–Trinajstić information content (AvgIpc) is 2.59. The van der Waals surface area contributed by atoms with Gasteiger partial charge >= 0.3 is 5.97 Å². The fraction of sp³-hybridized carbons (Fsp3) is 0.263. The molecule has 2 aromatic rings. The van der Waals surface area contributed by atoms with Crippen molar-refractivity contribution < 1.29 is 14.3 Å². The Morgan fingerprint density at radius 2 is 1.79 bits per heavy atom. The smallest absolute Gasteiger partial charge is 0.328 e. The van der Waals surface area contributed by atoms with Crippen LogP contribution in [0.4, 0.5) is 5.69 Å².